The van der Waals surface area contributed by atoms with Crippen LogP contribution in [-0.2, 0) is 0 Å². The molecule has 4 fully saturated rings. The standard InChI is InChI=1S/C46H64O3/c1-6-28-23-33-26-35(48)25-32(46(33,5)41-17-21-45(4)37(29-18-22-49-27-29)13-14-40(45)42(28)41)8-7-30-10-12-38-36-11-9-31-24-34(47)15-19-44(31,3)39(36)16-20-43(30,38)2/h9-10,13,18,22-23,27-28,32,34-36,38-42,47-48H,6-8,11-12,14-17,19-21,24-26H2,1-5H3/t28?,32?,34?,35?,36-,38-,39+,40-,41+,42-,43+,44-,45+,46-/m0/s1. The summed E-state index contributed by atoms with van der Waals surface area (Å²) in [6.45, 7) is 12.9. The summed E-state index contributed by atoms with van der Waals surface area (Å²) < 4.78 is 5.59. The van der Waals surface area contributed by atoms with E-state index >= 15 is 0 Å². The maximum absolute atomic E-state index is 11.4. The molecule has 0 bridgehead atoms. The van der Waals surface area contributed by atoms with E-state index in [9.17, 15) is 10.2 Å². The second-order valence-electron chi connectivity index (χ2n) is 19.6. The van der Waals surface area contributed by atoms with E-state index in [4.69, 9.17) is 4.42 Å². The van der Waals surface area contributed by atoms with E-state index < -0.39 is 0 Å². The van der Waals surface area contributed by atoms with Crippen LogP contribution in [0.2, 0.25) is 0 Å². The normalized spacial score (nSPS) is 50.0. The Hall–Kier alpha value is -1.84. The van der Waals surface area contributed by atoms with Crippen molar-refractivity contribution in [3.63, 3.8) is 0 Å². The van der Waals surface area contributed by atoms with Gasteiger partial charge in [0.25, 0.3) is 0 Å². The minimum absolute atomic E-state index is 0.125. The highest BCUT2D eigenvalue weighted by molar-refractivity contribution is 5.72. The van der Waals surface area contributed by atoms with Crippen molar-refractivity contribution in [1.29, 1.82) is 0 Å². The topological polar surface area (TPSA) is 53.6 Å². The van der Waals surface area contributed by atoms with Crippen LogP contribution in [-0.4, -0.2) is 22.4 Å². The van der Waals surface area contributed by atoms with E-state index in [1.54, 1.807) is 22.3 Å². The summed E-state index contributed by atoms with van der Waals surface area (Å²) in [5.41, 5.74) is 8.87. The zero-order chi connectivity index (χ0) is 33.9. The second kappa shape index (κ2) is 11.6. The summed E-state index contributed by atoms with van der Waals surface area (Å²) in [4.78, 5) is 0. The van der Waals surface area contributed by atoms with Crippen molar-refractivity contribution < 1.29 is 14.6 Å². The molecule has 3 nitrogen and oxygen atoms in total. The first kappa shape index (κ1) is 33.0. The molecule has 8 aliphatic rings. The minimum Gasteiger partial charge on any atom is -0.472 e. The molecule has 0 spiro atoms. The van der Waals surface area contributed by atoms with Gasteiger partial charge in [0.15, 0.2) is 0 Å². The maximum Gasteiger partial charge on any atom is 0.0977 e. The number of allylic oxidation sites excluding steroid dienone is 6. The molecule has 0 radical (unpaired) electrons. The number of furan rings is 1. The zero-order valence-electron chi connectivity index (χ0n) is 31.2. The zero-order valence-corrected chi connectivity index (χ0v) is 31.2. The summed E-state index contributed by atoms with van der Waals surface area (Å²) >= 11 is 0. The number of hydrogen-bond acceptors (Lipinski definition) is 3. The third-order valence-corrected chi connectivity index (χ3v) is 18.0. The Bertz CT molecular complexity index is 1580. The van der Waals surface area contributed by atoms with Crippen LogP contribution in [0.25, 0.3) is 5.57 Å². The average Bonchev–Trinajstić information content (AvgIpc) is 3.81. The average molecular weight is 665 g/mol. The molecule has 9 rings (SSSR count). The summed E-state index contributed by atoms with van der Waals surface area (Å²) in [5, 5.41) is 21.9. The molecule has 8 aliphatic carbocycles. The molecular weight excluding hydrogens is 601 g/mol. The van der Waals surface area contributed by atoms with Gasteiger partial charge in [-0.3, -0.25) is 0 Å². The van der Waals surface area contributed by atoms with Gasteiger partial charge in [-0.25, -0.2) is 0 Å². The molecule has 1 aromatic heterocycles. The van der Waals surface area contributed by atoms with Crippen molar-refractivity contribution in [3.05, 3.63) is 65.2 Å². The first-order valence-electron chi connectivity index (χ1n) is 20.7. The molecular formula is C46H64O3. The first-order chi connectivity index (χ1) is 23.5. The van der Waals surface area contributed by atoms with E-state index in [-0.39, 0.29) is 23.0 Å². The molecule has 1 aromatic rings. The fourth-order valence-electron chi connectivity index (χ4n) is 15.3. The lowest BCUT2D eigenvalue weighted by molar-refractivity contribution is -0.0762. The van der Waals surface area contributed by atoms with Gasteiger partial charge < -0.3 is 14.6 Å². The Labute approximate surface area is 296 Å². The van der Waals surface area contributed by atoms with Gasteiger partial charge in [0.05, 0.1) is 24.7 Å². The lowest BCUT2D eigenvalue weighted by Crippen LogP contribution is -2.55. The number of aliphatic hydroxyl groups is 2. The molecule has 1 heterocycles. The van der Waals surface area contributed by atoms with Crippen LogP contribution in [0.4, 0.5) is 0 Å². The molecule has 4 saturated carbocycles. The van der Waals surface area contributed by atoms with Crippen LogP contribution in [0, 0.1) is 69.0 Å². The second-order valence-corrected chi connectivity index (χ2v) is 19.6. The third-order valence-electron chi connectivity index (χ3n) is 18.0. The van der Waals surface area contributed by atoms with E-state index in [1.165, 1.54) is 76.2 Å². The van der Waals surface area contributed by atoms with Gasteiger partial charge in [0.2, 0.25) is 0 Å². The fraction of sp³-hybridized carbons (Fsp3) is 0.739. The van der Waals surface area contributed by atoms with Crippen LogP contribution < -0.4 is 0 Å². The molecule has 4 unspecified atom stereocenters. The predicted octanol–water partition coefficient (Wildman–Crippen LogP) is 11.1. The molecule has 49 heavy (non-hydrogen) atoms. The van der Waals surface area contributed by atoms with Crippen molar-refractivity contribution in [2.75, 3.05) is 0 Å². The number of hydrogen-bond donors (Lipinski definition) is 2. The van der Waals surface area contributed by atoms with Crippen molar-refractivity contribution >= 4 is 5.57 Å². The lowest BCUT2D eigenvalue weighted by Gasteiger charge is -2.62. The lowest BCUT2D eigenvalue weighted by atomic mass is 9.42. The van der Waals surface area contributed by atoms with Crippen molar-refractivity contribution in [2.24, 2.45) is 69.0 Å². The van der Waals surface area contributed by atoms with E-state index in [0.29, 0.717) is 40.4 Å². The van der Waals surface area contributed by atoms with Gasteiger partial charge in [-0.1, -0.05) is 75.6 Å². The quantitative estimate of drug-likeness (QED) is 0.308. The summed E-state index contributed by atoms with van der Waals surface area (Å²) in [6, 6.07) is 2.18. The van der Waals surface area contributed by atoms with Gasteiger partial charge in [0, 0.05) is 5.56 Å². The van der Waals surface area contributed by atoms with Gasteiger partial charge in [-0.15, -0.1) is 0 Å². The Balaban J connectivity index is 0.963. The number of fused-ring (bicyclic) bond motifs is 10. The Morgan fingerprint density at radius 1 is 0.776 bits per heavy atom. The maximum atomic E-state index is 11.4. The molecule has 0 amide bonds. The molecule has 0 aromatic carbocycles. The summed E-state index contributed by atoms with van der Waals surface area (Å²) in [5.74, 6) is 5.62. The smallest absolute Gasteiger partial charge is 0.0977 e. The Kier molecular flexibility index (Phi) is 7.81. The van der Waals surface area contributed by atoms with E-state index in [2.05, 4.69) is 65.0 Å². The summed E-state index contributed by atoms with van der Waals surface area (Å²) in [7, 11) is 0. The van der Waals surface area contributed by atoms with Gasteiger partial charge in [0.1, 0.15) is 0 Å². The molecule has 266 valence electrons. The van der Waals surface area contributed by atoms with Crippen LogP contribution >= 0.6 is 0 Å². The van der Waals surface area contributed by atoms with Crippen molar-refractivity contribution in [1.82, 2.24) is 0 Å². The third kappa shape index (κ3) is 4.65. The van der Waals surface area contributed by atoms with Crippen LogP contribution in [0.3, 0.4) is 0 Å². The van der Waals surface area contributed by atoms with Gasteiger partial charge >= 0.3 is 0 Å². The molecule has 0 saturated heterocycles. The van der Waals surface area contributed by atoms with Crippen LogP contribution in [0.15, 0.2) is 64.0 Å². The SMILES string of the molecule is CCC1C=C2CC(O)CC(CCC3=CC[C@H]4[C@@H]5CC=C6CC(O)CC[C@]6(C)[C@@H]5CC[C@]34C)[C@]2(C)[C@@H]2CC[C@]3(C)C(c4ccoc4)=CC[C@H]3[C@H]12. The highest BCUT2D eigenvalue weighted by Gasteiger charge is 2.62. The van der Waals surface area contributed by atoms with Crippen LogP contribution in [0.5, 0.6) is 0 Å². The first-order valence-corrected chi connectivity index (χ1v) is 20.7. The molecule has 2 N–H and O–H groups in total. The van der Waals surface area contributed by atoms with Crippen molar-refractivity contribution in [3.8, 4) is 0 Å². The van der Waals surface area contributed by atoms with Crippen LogP contribution in [0.1, 0.15) is 136 Å². The van der Waals surface area contributed by atoms with E-state index in [0.717, 1.165) is 43.4 Å². The molecule has 3 heteroatoms. The highest BCUT2D eigenvalue weighted by Crippen LogP contribution is 2.70. The largest absolute Gasteiger partial charge is 0.472 e. The fourth-order valence-corrected chi connectivity index (χ4v) is 15.3. The minimum atomic E-state index is -0.192. The van der Waals surface area contributed by atoms with Gasteiger partial charge in [-0.2, -0.15) is 0 Å². The summed E-state index contributed by atoms with van der Waals surface area (Å²) in [6.07, 6.45) is 31.6. The Morgan fingerprint density at radius 2 is 1.53 bits per heavy atom. The monoisotopic (exact) mass is 664 g/mol. The van der Waals surface area contributed by atoms with Gasteiger partial charge in [-0.05, 0) is 177 Å². The molecule has 0 aliphatic heterocycles. The van der Waals surface area contributed by atoms with Crippen molar-refractivity contribution in [2.45, 2.75) is 143 Å². The van der Waals surface area contributed by atoms with E-state index in [1.807, 2.05) is 12.5 Å². The molecule has 14 atom stereocenters. The Morgan fingerprint density at radius 3 is 2.33 bits per heavy atom. The number of aliphatic hydroxyl groups excluding tert-OH is 2. The highest BCUT2D eigenvalue weighted by atomic mass is 16.3. The number of rotatable bonds is 5. The predicted molar refractivity (Wildman–Crippen MR) is 198 cm³/mol.